The van der Waals surface area contributed by atoms with Gasteiger partial charge >= 0.3 is 5.97 Å². The lowest BCUT2D eigenvalue weighted by molar-refractivity contribution is 0.0702. The van der Waals surface area contributed by atoms with Crippen molar-refractivity contribution in [1.29, 1.82) is 0 Å². The molecule has 0 saturated carbocycles. The van der Waals surface area contributed by atoms with Crippen molar-refractivity contribution in [3.63, 3.8) is 0 Å². The van der Waals surface area contributed by atoms with Gasteiger partial charge in [0, 0.05) is 13.3 Å². The highest BCUT2D eigenvalue weighted by Crippen LogP contribution is 2.23. The summed E-state index contributed by atoms with van der Waals surface area (Å²) in [6.07, 6.45) is 2.90. The van der Waals surface area contributed by atoms with Crippen LogP contribution >= 0.6 is 11.3 Å². The molecule has 0 spiro atoms. The van der Waals surface area contributed by atoms with Gasteiger partial charge in [-0.15, -0.1) is 11.3 Å². The van der Waals surface area contributed by atoms with Crippen LogP contribution in [0.15, 0.2) is 28.7 Å². The Morgan fingerprint density at radius 1 is 1.52 bits per heavy atom. The normalized spacial score (nSPS) is 11.5. The number of aromatic nitrogens is 2. The van der Waals surface area contributed by atoms with Gasteiger partial charge in [0.1, 0.15) is 9.09 Å². The summed E-state index contributed by atoms with van der Waals surface area (Å²) in [6.45, 7) is 0.959. The minimum atomic E-state index is -3.81. The molecule has 0 aliphatic carbocycles. The molecule has 0 atom stereocenters. The Labute approximate surface area is 125 Å². The fourth-order valence-corrected chi connectivity index (χ4v) is 3.68. The number of hydrogen-bond acceptors (Lipinski definition) is 6. The third-order valence-electron chi connectivity index (χ3n) is 2.47. The fourth-order valence-electron chi connectivity index (χ4n) is 1.51. The molecule has 2 heterocycles. The van der Waals surface area contributed by atoms with E-state index in [1.807, 2.05) is 0 Å². The summed E-state index contributed by atoms with van der Waals surface area (Å²) in [6, 6.07) is 2.51. The van der Waals surface area contributed by atoms with Gasteiger partial charge in [-0.3, -0.25) is 9.40 Å². The molecule has 0 amide bonds. The fraction of sp³-hybridized carbons (Fsp3) is 0.273. The average Bonchev–Trinajstić information content (AvgIpc) is 3.04. The zero-order valence-electron chi connectivity index (χ0n) is 11.0. The highest BCUT2D eigenvalue weighted by Gasteiger charge is 2.19. The number of methoxy groups -OCH3 is 1. The molecular weight excluding hydrogens is 318 g/mol. The van der Waals surface area contributed by atoms with Gasteiger partial charge < -0.3 is 9.84 Å². The second-order valence-corrected chi connectivity index (χ2v) is 7.01. The van der Waals surface area contributed by atoms with E-state index in [-0.39, 0.29) is 9.09 Å². The van der Waals surface area contributed by atoms with E-state index in [4.69, 9.17) is 9.84 Å². The Hall–Kier alpha value is -1.91. The number of nitrogens with one attached hydrogen (secondary N) is 1. The molecule has 0 saturated heterocycles. The molecule has 2 N–H and O–H groups in total. The van der Waals surface area contributed by atoms with Crippen LogP contribution in [0.1, 0.15) is 9.67 Å². The van der Waals surface area contributed by atoms with Gasteiger partial charge in [-0.05, 0) is 12.1 Å². The van der Waals surface area contributed by atoms with Crippen LogP contribution in [0.25, 0.3) is 0 Å². The van der Waals surface area contributed by atoms with E-state index in [1.54, 1.807) is 11.8 Å². The SMILES string of the molecule is COCCn1cc(NS(=O)(=O)c2ccc(C(=O)O)s2)cn1. The van der Waals surface area contributed by atoms with Crippen molar-refractivity contribution in [2.75, 3.05) is 18.4 Å². The number of thiophene rings is 1. The Kier molecular flexibility index (Phi) is 4.60. The number of hydrogen-bond donors (Lipinski definition) is 2. The molecule has 8 nitrogen and oxygen atoms in total. The summed E-state index contributed by atoms with van der Waals surface area (Å²) in [4.78, 5) is 10.7. The standard InChI is InChI=1S/C11H13N3O5S2/c1-19-5-4-14-7-8(6-12-14)13-21(17,18)10-3-2-9(20-10)11(15)16/h2-3,6-7,13H,4-5H2,1H3,(H,15,16). The van der Waals surface area contributed by atoms with Crippen LogP contribution in [0.3, 0.4) is 0 Å². The highest BCUT2D eigenvalue weighted by molar-refractivity contribution is 7.94. The molecule has 0 aliphatic rings. The predicted molar refractivity (Wildman–Crippen MR) is 76.2 cm³/mol. The van der Waals surface area contributed by atoms with Crippen molar-refractivity contribution in [2.24, 2.45) is 0 Å². The first-order valence-corrected chi connectivity index (χ1v) is 8.09. The van der Waals surface area contributed by atoms with Crippen molar-refractivity contribution >= 4 is 33.0 Å². The molecule has 21 heavy (non-hydrogen) atoms. The molecule has 0 radical (unpaired) electrons. The first-order chi connectivity index (χ1) is 9.92. The third kappa shape index (κ3) is 3.80. The lowest BCUT2D eigenvalue weighted by Gasteiger charge is -2.02. The molecule has 10 heteroatoms. The van der Waals surface area contributed by atoms with Crippen LogP contribution in [0.2, 0.25) is 0 Å². The van der Waals surface area contributed by atoms with E-state index in [0.717, 1.165) is 0 Å². The van der Waals surface area contributed by atoms with Crippen molar-refractivity contribution in [2.45, 2.75) is 10.8 Å². The minimum Gasteiger partial charge on any atom is -0.477 e. The van der Waals surface area contributed by atoms with E-state index in [0.29, 0.717) is 30.2 Å². The van der Waals surface area contributed by atoms with Crippen LogP contribution < -0.4 is 4.72 Å². The molecule has 0 fully saturated rings. The molecule has 0 aliphatic heterocycles. The van der Waals surface area contributed by atoms with Crippen molar-refractivity contribution in [3.05, 3.63) is 29.4 Å². The number of carboxylic acids is 1. The van der Waals surface area contributed by atoms with Crippen LogP contribution in [-0.2, 0) is 21.3 Å². The van der Waals surface area contributed by atoms with Crippen molar-refractivity contribution in [3.8, 4) is 0 Å². The molecule has 2 aromatic rings. The zero-order valence-corrected chi connectivity index (χ0v) is 12.6. The number of ether oxygens (including phenoxy) is 1. The molecule has 0 unspecified atom stereocenters. The average molecular weight is 331 g/mol. The maximum absolute atomic E-state index is 12.1. The van der Waals surface area contributed by atoms with E-state index < -0.39 is 16.0 Å². The van der Waals surface area contributed by atoms with Gasteiger partial charge in [0.25, 0.3) is 10.0 Å². The topological polar surface area (TPSA) is 111 Å². The molecular formula is C11H13N3O5S2. The van der Waals surface area contributed by atoms with E-state index >= 15 is 0 Å². The summed E-state index contributed by atoms with van der Waals surface area (Å²) >= 11 is 0.691. The number of carbonyl (C=O) groups is 1. The van der Waals surface area contributed by atoms with Crippen LogP contribution in [0.4, 0.5) is 5.69 Å². The summed E-state index contributed by atoms with van der Waals surface area (Å²) in [5, 5.41) is 12.8. The summed E-state index contributed by atoms with van der Waals surface area (Å²) < 4.78 is 32.9. The Bertz CT molecular complexity index is 735. The third-order valence-corrected chi connectivity index (χ3v) is 5.41. The highest BCUT2D eigenvalue weighted by atomic mass is 32.2. The minimum absolute atomic E-state index is 0.0360. The first kappa shape index (κ1) is 15.5. The summed E-state index contributed by atoms with van der Waals surface area (Å²) in [7, 11) is -2.25. The maximum Gasteiger partial charge on any atom is 0.345 e. The zero-order chi connectivity index (χ0) is 15.5. The molecule has 114 valence electrons. The lowest BCUT2D eigenvalue weighted by Crippen LogP contribution is -2.11. The Morgan fingerprint density at radius 2 is 2.29 bits per heavy atom. The number of rotatable bonds is 7. The second kappa shape index (κ2) is 6.24. The van der Waals surface area contributed by atoms with Gasteiger partial charge in [-0.1, -0.05) is 0 Å². The van der Waals surface area contributed by atoms with Gasteiger partial charge in [0.15, 0.2) is 0 Å². The van der Waals surface area contributed by atoms with Gasteiger partial charge in [-0.2, -0.15) is 5.10 Å². The first-order valence-electron chi connectivity index (χ1n) is 5.80. The van der Waals surface area contributed by atoms with Crippen molar-refractivity contribution in [1.82, 2.24) is 9.78 Å². The van der Waals surface area contributed by atoms with Crippen LogP contribution in [0.5, 0.6) is 0 Å². The monoisotopic (exact) mass is 331 g/mol. The number of anilines is 1. The molecule has 0 aromatic carbocycles. The van der Waals surface area contributed by atoms with Crippen LogP contribution in [-0.4, -0.2) is 43.0 Å². The van der Waals surface area contributed by atoms with E-state index in [9.17, 15) is 13.2 Å². The number of nitrogens with zero attached hydrogens (tertiary/aromatic N) is 2. The molecule has 2 aromatic heterocycles. The summed E-state index contributed by atoms with van der Waals surface area (Å²) in [5.74, 6) is -1.16. The second-order valence-electron chi connectivity index (χ2n) is 4.01. The quantitative estimate of drug-likeness (QED) is 0.786. The Morgan fingerprint density at radius 3 is 2.90 bits per heavy atom. The molecule has 2 rings (SSSR count). The van der Waals surface area contributed by atoms with Gasteiger partial charge in [0.2, 0.25) is 0 Å². The number of aromatic carboxylic acids is 1. The predicted octanol–water partition coefficient (Wildman–Crippen LogP) is 1.09. The summed E-state index contributed by atoms with van der Waals surface area (Å²) in [5.41, 5.74) is 0.302. The number of carboxylic acid groups (broad SMARTS) is 1. The van der Waals surface area contributed by atoms with Crippen LogP contribution in [0, 0.1) is 0 Å². The molecule has 0 bridgehead atoms. The maximum atomic E-state index is 12.1. The Balaban J connectivity index is 2.13. The largest absolute Gasteiger partial charge is 0.477 e. The van der Waals surface area contributed by atoms with Crippen molar-refractivity contribution < 1.29 is 23.1 Å². The van der Waals surface area contributed by atoms with Gasteiger partial charge in [0.05, 0.1) is 25.0 Å². The van der Waals surface area contributed by atoms with E-state index in [1.165, 1.54) is 24.5 Å². The van der Waals surface area contributed by atoms with Gasteiger partial charge in [-0.25, -0.2) is 13.2 Å². The lowest BCUT2D eigenvalue weighted by atomic mass is 10.5. The van der Waals surface area contributed by atoms with E-state index in [2.05, 4.69) is 9.82 Å². The smallest absolute Gasteiger partial charge is 0.345 e. The number of sulfonamides is 1.